The molecule has 2 atom stereocenters. The van der Waals surface area contributed by atoms with Crippen molar-refractivity contribution in [1.29, 1.82) is 0 Å². The highest BCUT2D eigenvalue weighted by Gasteiger charge is 2.42. The molecule has 0 aromatic rings. The second kappa shape index (κ2) is 7.43. The van der Waals surface area contributed by atoms with Gasteiger partial charge < -0.3 is 10.2 Å². The number of likely N-dealkylation sites (tertiary alicyclic amines) is 2. The van der Waals surface area contributed by atoms with Gasteiger partial charge in [0.2, 0.25) is 0 Å². The van der Waals surface area contributed by atoms with E-state index < -0.39 is 0 Å². The van der Waals surface area contributed by atoms with Crippen LogP contribution < -0.4 is 5.32 Å². The molecule has 3 heterocycles. The van der Waals surface area contributed by atoms with Crippen molar-refractivity contribution in [3.63, 3.8) is 0 Å². The third kappa shape index (κ3) is 3.62. The second-order valence-electron chi connectivity index (χ2n) is 7.51. The minimum Gasteiger partial charge on any atom is -0.316 e. The molecule has 1 aliphatic carbocycles. The van der Waals surface area contributed by atoms with Crippen LogP contribution in [0.15, 0.2) is 0 Å². The van der Waals surface area contributed by atoms with Crippen molar-refractivity contribution >= 4 is 0 Å². The maximum atomic E-state index is 3.40. The van der Waals surface area contributed by atoms with Crippen molar-refractivity contribution in [3.8, 4) is 0 Å². The van der Waals surface area contributed by atoms with Crippen LogP contribution in [-0.2, 0) is 0 Å². The van der Waals surface area contributed by atoms with Gasteiger partial charge in [0.15, 0.2) is 0 Å². The van der Waals surface area contributed by atoms with Crippen LogP contribution in [-0.4, -0.2) is 61.7 Å². The van der Waals surface area contributed by atoms with Gasteiger partial charge in [0.05, 0.1) is 0 Å². The molecule has 4 rings (SSSR count). The Balaban J connectivity index is 0.000000636. The van der Waals surface area contributed by atoms with Crippen molar-refractivity contribution in [2.75, 3.05) is 45.8 Å². The highest BCUT2D eigenvalue weighted by Crippen LogP contribution is 2.35. The van der Waals surface area contributed by atoms with E-state index in [-0.39, 0.29) is 0 Å². The first kappa shape index (κ1) is 15.8. The second-order valence-corrected chi connectivity index (χ2v) is 7.51. The highest BCUT2D eigenvalue weighted by molar-refractivity contribution is 4.96. The first-order valence-corrected chi connectivity index (χ1v) is 9.55. The molecule has 0 bridgehead atoms. The van der Waals surface area contributed by atoms with E-state index >= 15 is 0 Å². The van der Waals surface area contributed by atoms with Gasteiger partial charge in [-0.05, 0) is 30.6 Å². The van der Waals surface area contributed by atoms with Crippen LogP contribution in [0.25, 0.3) is 0 Å². The Bertz CT molecular complexity index is 296. The predicted octanol–water partition coefficient (Wildman–Crippen LogP) is 2.43. The molecule has 0 amide bonds. The van der Waals surface area contributed by atoms with Crippen molar-refractivity contribution < 1.29 is 0 Å². The third-order valence-corrected chi connectivity index (χ3v) is 6.06. The lowest BCUT2D eigenvalue weighted by molar-refractivity contribution is 0.156. The molecule has 0 aromatic heterocycles. The van der Waals surface area contributed by atoms with E-state index in [2.05, 4.69) is 15.1 Å². The molecular weight excluding hydrogens is 258 g/mol. The van der Waals surface area contributed by atoms with Crippen molar-refractivity contribution in [1.82, 2.24) is 15.1 Å². The average molecular weight is 293 g/mol. The molecule has 0 radical (unpaired) electrons. The van der Waals surface area contributed by atoms with E-state index in [9.17, 15) is 0 Å². The predicted molar refractivity (Wildman–Crippen MR) is 89.6 cm³/mol. The summed E-state index contributed by atoms with van der Waals surface area (Å²) in [5.74, 6) is 2.94. The number of fused-ring (bicyclic) bond motifs is 1. The van der Waals surface area contributed by atoms with Crippen LogP contribution in [0.3, 0.4) is 0 Å². The summed E-state index contributed by atoms with van der Waals surface area (Å²) in [5.41, 5.74) is 0. The summed E-state index contributed by atoms with van der Waals surface area (Å²) in [6, 6.07) is 0.948. The molecule has 0 aromatic carbocycles. The topological polar surface area (TPSA) is 18.5 Å². The zero-order valence-electron chi connectivity index (χ0n) is 14.2. The molecule has 122 valence electrons. The molecule has 21 heavy (non-hydrogen) atoms. The Labute approximate surface area is 131 Å². The summed E-state index contributed by atoms with van der Waals surface area (Å²) in [7, 11) is 0. The van der Waals surface area contributed by atoms with Crippen molar-refractivity contribution in [2.24, 2.45) is 17.8 Å². The van der Waals surface area contributed by atoms with Gasteiger partial charge in [-0.2, -0.15) is 0 Å². The summed E-state index contributed by atoms with van der Waals surface area (Å²) in [4.78, 5) is 5.62. The number of nitrogens with one attached hydrogen (secondary N) is 1. The zero-order valence-corrected chi connectivity index (χ0v) is 14.2. The van der Waals surface area contributed by atoms with Gasteiger partial charge in [-0.25, -0.2) is 0 Å². The lowest BCUT2D eigenvalue weighted by atomic mass is 9.94. The lowest BCUT2D eigenvalue weighted by Gasteiger charge is -2.34. The molecule has 3 heteroatoms. The Morgan fingerprint density at radius 1 is 0.857 bits per heavy atom. The van der Waals surface area contributed by atoms with Crippen LogP contribution in [0.4, 0.5) is 0 Å². The normalized spacial score (nSPS) is 35.1. The monoisotopic (exact) mass is 293 g/mol. The van der Waals surface area contributed by atoms with Gasteiger partial charge in [-0.3, -0.25) is 4.90 Å². The molecule has 3 saturated heterocycles. The first-order valence-electron chi connectivity index (χ1n) is 9.55. The minimum atomic E-state index is 0.948. The summed E-state index contributed by atoms with van der Waals surface area (Å²) in [6.07, 6.45) is 7.42. The SMILES string of the molecule is C1CCC(N2C[C@@H]3CN(CC4CNC4)C[C@H]3C2)CC1.CC. The standard InChI is InChI=1S/C16H29N3.C2H6/c1-2-4-16(5-3-1)19-11-14-9-18(10-15(14)12-19)8-13-6-17-7-13;1-2/h13-17H,1-12H2;1-2H3/t14-,15-;/m0./s1. The van der Waals surface area contributed by atoms with Crippen molar-refractivity contribution in [3.05, 3.63) is 0 Å². The Kier molecular flexibility index (Phi) is 5.58. The molecule has 4 fully saturated rings. The van der Waals surface area contributed by atoms with Crippen LogP contribution in [0.2, 0.25) is 0 Å². The average Bonchev–Trinajstić information content (AvgIpc) is 3.04. The fourth-order valence-corrected chi connectivity index (χ4v) is 4.86. The Hall–Kier alpha value is -0.120. The smallest absolute Gasteiger partial charge is 0.00955 e. The minimum absolute atomic E-state index is 0.948. The maximum Gasteiger partial charge on any atom is 0.00955 e. The van der Waals surface area contributed by atoms with Gasteiger partial charge in [-0.15, -0.1) is 0 Å². The number of nitrogens with zero attached hydrogens (tertiary/aromatic N) is 2. The van der Waals surface area contributed by atoms with Crippen LogP contribution >= 0.6 is 0 Å². The quantitative estimate of drug-likeness (QED) is 0.862. The fourth-order valence-electron chi connectivity index (χ4n) is 4.86. The number of hydrogen-bond donors (Lipinski definition) is 1. The lowest BCUT2D eigenvalue weighted by Crippen LogP contribution is -2.48. The van der Waals surface area contributed by atoms with E-state index in [0.717, 1.165) is 23.8 Å². The molecule has 1 N–H and O–H groups in total. The van der Waals surface area contributed by atoms with Gasteiger partial charge >= 0.3 is 0 Å². The molecule has 1 saturated carbocycles. The zero-order chi connectivity index (χ0) is 14.7. The van der Waals surface area contributed by atoms with E-state index in [4.69, 9.17) is 0 Å². The van der Waals surface area contributed by atoms with Crippen LogP contribution in [0, 0.1) is 17.8 Å². The number of hydrogen-bond acceptors (Lipinski definition) is 3. The summed E-state index contributed by atoms with van der Waals surface area (Å²) in [5, 5.41) is 3.40. The molecule has 3 nitrogen and oxygen atoms in total. The largest absolute Gasteiger partial charge is 0.316 e. The van der Waals surface area contributed by atoms with Gasteiger partial charge in [0.1, 0.15) is 0 Å². The van der Waals surface area contributed by atoms with Crippen LogP contribution in [0.1, 0.15) is 46.0 Å². The van der Waals surface area contributed by atoms with Gasteiger partial charge in [0, 0.05) is 51.9 Å². The van der Waals surface area contributed by atoms with E-state index in [0.29, 0.717) is 0 Å². The Morgan fingerprint density at radius 2 is 1.48 bits per heavy atom. The summed E-state index contributed by atoms with van der Waals surface area (Å²) < 4.78 is 0. The summed E-state index contributed by atoms with van der Waals surface area (Å²) >= 11 is 0. The van der Waals surface area contributed by atoms with E-state index in [1.807, 2.05) is 13.8 Å². The molecular formula is C18H35N3. The van der Waals surface area contributed by atoms with Crippen LogP contribution in [0.5, 0.6) is 0 Å². The molecule has 3 aliphatic heterocycles. The highest BCUT2D eigenvalue weighted by atomic mass is 15.3. The van der Waals surface area contributed by atoms with E-state index in [1.54, 1.807) is 0 Å². The molecule has 0 unspecified atom stereocenters. The molecule has 4 aliphatic rings. The third-order valence-electron chi connectivity index (χ3n) is 6.06. The summed E-state index contributed by atoms with van der Waals surface area (Å²) in [6.45, 7) is 13.5. The van der Waals surface area contributed by atoms with Gasteiger partial charge in [0.25, 0.3) is 0 Å². The Morgan fingerprint density at radius 3 is 2.00 bits per heavy atom. The van der Waals surface area contributed by atoms with Gasteiger partial charge in [-0.1, -0.05) is 33.1 Å². The van der Waals surface area contributed by atoms with Crippen molar-refractivity contribution in [2.45, 2.75) is 52.0 Å². The molecule has 0 spiro atoms. The maximum absolute atomic E-state index is 3.40. The number of rotatable bonds is 3. The van der Waals surface area contributed by atoms with E-state index in [1.165, 1.54) is 77.9 Å². The first-order chi connectivity index (χ1) is 10.4. The fraction of sp³-hybridized carbons (Fsp3) is 1.00.